The van der Waals surface area contributed by atoms with E-state index in [-0.39, 0.29) is 24.8 Å². The van der Waals surface area contributed by atoms with Gasteiger partial charge < -0.3 is 15.5 Å². The lowest BCUT2D eigenvalue weighted by molar-refractivity contribution is -0.147. The summed E-state index contributed by atoms with van der Waals surface area (Å²) in [7, 11) is 0. The molecule has 150 valence electrons. The largest absolute Gasteiger partial charge is 0.347 e. The molecule has 0 spiro atoms. The third kappa shape index (κ3) is 3.70. The number of benzene rings is 2. The Hall–Kier alpha value is -3.29. The molecule has 0 bridgehead atoms. The maximum Gasteiger partial charge on any atom is 0.254 e. The van der Waals surface area contributed by atoms with Crippen LogP contribution in [0, 0.1) is 11.6 Å². The summed E-state index contributed by atoms with van der Waals surface area (Å²) in [6, 6.07) is 10.8. The van der Waals surface area contributed by atoms with Gasteiger partial charge in [-0.15, -0.1) is 0 Å². The van der Waals surface area contributed by atoms with Gasteiger partial charge in [0.25, 0.3) is 5.91 Å². The minimum atomic E-state index is -1.22. The maximum atomic E-state index is 13.8. The van der Waals surface area contributed by atoms with Crippen molar-refractivity contribution in [2.24, 2.45) is 0 Å². The van der Waals surface area contributed by atoms with Crippen LogP contribution in [0.2, 0.25) is 0 Å². The Kier molecular flexibility index (Phi) is 5.00. The first kappa shape index (κ1) is 19.0. The van der Waals surface area contributed by atoms with E-state index in [2.05, 4.69) is 10.6 Å². The van der Waals surface area contributed by atoms with Crippen LogP contribution in [0.25, 0.3) is 0 Å². The van der Waals surface area contributed by atoms with Crippen LogP contribution < -0.4 is 10.6 Å². The number of carbonyl (C=O) groups is 3. The molecule has 8 heteroatoms. The van der Waals surface area contributed by atoms with Gasteiger partial charge >= 0.3 is 0 Å². The molecule has 2 aliphatic heterocycles. The van der Waals surface area contributed by atoms with Crippen LogP contribution in [0.15, 0.2) is 48.5 Å². The van der Waals surface area contributed by atoms with Crippen molar-refractivity contribution < 1.29 is 23.2 Å². The molecule has 2 N–H and O–H groups in total. The molecule has 0 aromatic heterocycles. The predicted octanol–water partition coefficient (Wildman–Crippen LogP) is 1.41. The summed E-state index contributed by atoms with van der Waals surface area (Å²) in [4.78, 5) is 39.1. The summed E-state index contributed by atoms with van der Waals surface area (Å²) in [6.45, 7) is 0.144. The molecule has 0 radical (unpaired) electrons. The lowest BCUT2D eigenvalue weighted by atomic mass is 10.0. The number of hydrogen-bond acceptors (Lipinski definition) is 3. The van der Waals surface area contributed by atoms with Gasteiger partial charge in [0.05, 0.1) is 5.56 Å². The van der Waals surface area contributed by atoms with Crippen LogP contribution in [-0.2, 0) is 16.0 Å². The SMILES string of the molecule is O=C(N[C@H]1C[C@H]2C(=O)N[C@H](Cc3ccccc3)C(=O)N2C1)c1cccc(F)c1F. The Balaban J connectivity index is 1.44. The van der Waals surface area contributed by atoms with Gasteiger partial charge in [-0.05, 0) is 24.1 Å². The van der Waals surface area contributed by atoms with Crippen molar-refractivity contribution in [1.82, 2.24) is 15.5 Å². The van der Waals surface area contributed by atoms with Crippen LogP contribution >= 0.6 is 0 Å². The number of halogens is 2. The standard InChI is InChI=1S/C21H19F2N3O3/c22-15-8-4-7-14(18(15)23)19(27)24-13-10-17-20(28)25-16(21(29)26(17)11-13)9-12-5-2-1-3-6-12/h1-8,13,16-17H,9-11H2,(H,24,27)(H,25,28)/t13-,16+,17-/m0/s1. The molecule has 6 nitrogen and oxygen atoms in total. The molecule has 0 saturated carbocycles. The zero-order valence-corrected chi connectivity index (χ0v) is 15.4. The average Bonchev–Trinajstić information content (AvgIpc) is 3.13. The normalized spacial score (nSPS) is 23.5. The summed E-state index contributed by atoms with van der Waals surface area (Å²) in [6.07, 6.45) is 0.596. The fraction of sp³-hybridized carbons (Fsp3) is 0.286. The van der Waals surface area contributed by atoms with E-state index in [0.717, 1.165) is 11.6 Å². The smallest absolute Gasteiger partial charge is 0.254 e. The molecule has 2 heterocycles. The van der Waals surface area contributed by atoms with Gasteiger partial charge in [0.1, 0.15) is 12.1 Å². The number of fused-ring (bicyclic) bond motifs is 1. The fourth-order valence-electron chi connectivity index (χ4n) is 3.89. The molecule has 2 aliphatic rings. The van der Waals surface area contributed by atoms with Gasteiger partial charge in [-0.1, -0.05) is 36.4 Å². The molecule has 2 saturated heterocycles. The number of nitrogens with zero attached hydrogens (tertiary/aromatic N) is 1. The van der Waals surface area contributed by atoms with Crippen LogP contribution in [0.3, 0.4) is 0 Å². The predicted molar refractivity (Wildman–Crippen MR) is 99.8 cm³/mol. The Morgan fingerprint density at radius 1 is 1.10 bits per heavy atom. The topological polar surface area (TPSA) is 78.5 Å². The van der Waals surface area contributed by atoms with Crippen LogP contribution in [0.1, 0.15) is 22.3 Å². The Morgan fingerprint density at radius 2 is 1.86 bits per heavy atom. The molecule has 4 rings (SSSR count). The van der Waals surface area contributed by atoms with Gasteiger partial charge in [0, 0.05) is 19.0 Å². The number of hydrogen-bond donors (Lipinski definition) is 2. The van der Waals surface area contributed by atoms with Crippen LogP contribution in [0.4, 0.5) is 8.78 Å². The van der Waals surface area contributed by atoms with Gasteiger partial charge in [0.2, 0.25) is 11.8 Å². The van der Waals surface area contributed by atoms with Crippen molar-refractivity contribution in [3.63, 3.8) is 0 Å². The van der Waals surface area contributed by atoms with E-state index in [1.54, 1.807) is 0 Å². The van der Waals surface area contributed by atoms with Crippen molar-refractivity contribution in [3.8, 4) is 0 Å². The van der Waals surface area contributed by atoms with E-state index in [9.17, 15) is 23.2 Å². The van der Waals surface area contributed by atoms with Gasteiger partial charge in [-0.3, -0.25) is 14.4 Å². The first-order valence-corrected chi connectivity index (χ1v) is 9.33. The molecule has 3 atom stereocenters. The highest BCUT2D eigenvalue weighted by molar-refractivity contribution is 5.98. The highest BCUT2D eigenvalue weighted by Gasteiger charge is 2.46. The lowest BCUT2D eigenvalue weighted by Gasteiger charge is -2.34. The fourth-order valence-corrected chi connectivity index (χ4v) is 3.89. The summed E-state index contributed by atoms with van der Waals surface area (Å²) < 4.78 is 27.2. The highest BCUT2D eigenvalue weighted by atomic mass is 19.2. The van der Waals surface area contributed by atoms with Gasteiger partial charge in [-0.2, -0.15) is 0 Å². The monoisotopic (exact) mass is 399 g/mol. The highest BCUT2D eigenvalue weighted by Crippen LogP contribution is 2.24. The number of amides is 3. The van der Waals surface area contributed by atoms with Crippen molar-refractivity contribution in [1.29, 1.82) is 0 Å². The third-order valence-electron chi connectivity index (χ3n) is 5.32. The van der Waals surface area contributed by atoms with Gasteiger partial charge in [-0.25, -0.2) is 8.78 Å². The minimum absolute atomic E-state index is 0.144. The molecule has 2 aromatic carbocycles. The Morgan fingerprint density at radius 3 is 2.62 bits per heavy atom. The van der Waals surface area contributed by atoms with Crippen molar-refractivity contribution in [2.45, 2.75) is 31.0 Å². The third-order valence-corrected chi connectivity index (χ3v) is 5.32. The zero-order chi connectivity index (χ0) is 20.5. The first-order valence-electron chi connectivity index (χ1n) is 9.33. The lowest BCUT2D eigenvalue weighted by Crippen LogP contribution is -2.61. The second kappa shape index (κ2) is 7.62. The average molecular weight is 399 g/mol. The molecule has 29 heavy (non-hydrogen) atoms. The van der Waals surface area contributed by atoms with E-state index in [0.29, 0.717) is 6.42 Å². The van der Waals surface area contributed by atoms with Gasteiger partial charge in [0.15, 0.2) is 11.6 Å². The number of rotatable bonds is 4. The minimum Gasteiger partial charge on any atom is -0.347 e. The molecular weight excluding hydrogens is 380 g/mol. The number of carbonyl (C=O) groups excluding carboxylic acids is 3. The maximum absolute atomic E-state index is 13.8. The van der Waals surface area contributed by atoms with E-state index < -0.39 is 41.2 Å². The zero-order valence-electron chi connectivity index (χ0n) is 15.4. The van der Waals surface area contributed by atoms with E-state index in [1.807, 2.05) is 30.3 Å². The van der Waals surface area contributed by atoms with E-state index >= 15 is 0 Å². The van der Waals surface area contributed by atoms with Crippen LogP contribution in [0.5, 0.6) is 0 Å². The Labute approximate surface area is 165 Å². The summed E-state index contributed by atoms with van der Waals surface area (Å²) in [5.41, 5.74) is 0.517. The molecule has 0 aliphatic carbocycles. The molecule has 2 fully saturated rings. The van der Waals surface area contributed by atoms with Crippen LogP contribution in [-0.4, -0.2) is 47.3 Å². The summed E-state index contributed by atoms with van der Waals surface area (Å²) >= 11 is 0. The van der Waals surface area contributed by atoms with Crippen molar-refractivity contribution in [3.05, 3.63) is 71.3 Å². The summed E-state index contributed by atoms with van der Waals surface area (Å²) in [5, 5.41) is 5.36. The van der Waals surface area contributed by atoms with Crippen molar-refractivity contribution in [2.75, 3.05) is 6.54 Å². The molecule has 2 aromatic rings. The first-order chi connectivity index (χ1) is 13.9. The quantitative estimate of drug-likeness (QED) is 0.816. The summed E-state index contributed by atoms with van der Waals surface area (Å²) in [5.74, 6) is -3.61. The molecular formula is C21H19F2N3O3. The Bertz CT molecular complexity index is 967. The molecule has 3 amide bonds. The number of nitrogens with one attached hydrogen (secondary N) is 2. The second-order valence-electron chi connectivity index (χ2n) is 7.26. The van der Waals surface area contributed by atoms with Crippen molar-refractivity contribution >= 4 is 17.7 Å². The molecule has 0 unspecified atom stereocenters. The van der Waals surface area contributed by atoms with E-state index in [4.69, 9.17) is 0 Å². The number of piperazine rings is 1. The van der Waals surface area contributed by atoms with E-state index in [1.165, 1.54) is 17.0 Å². The second-order valence-corrected chi connectivity index (χ2v) is 7.26.